The fourth-order valence-corrected chi connectivity index (χ4v) is 1.77. The Kier molecular flexibility index (Phi) is 2.59. The molecule has 0 fully saturated rings. The minimum absolute atomic E-state index is 0.00772. The second-order valence-electron chi connectivity index (χ2n) is 3.09. The summed E-state index contributed by atoms with van der Waals surface area (Å²) in [6, 6.07) is 4.92. The predicted molar refractivity (Wildman–Crippen MR) is 58.4 cm³/mol. The van der Waals surface area contributed by atoms with Gasteiger partial charge in [-0.05, 0) is 18.2 Å². The molecule has 1 aromatic heterocycles. The molecule has 0 spiro atoms. The average molecular weight is 244 g/mol. The van der Waals surface area contributed by atoms with Gasteiger partial charge in [0.2, 0.25) is 0 Å². The lowest BCUT2D eigenvalue weighted by atomic mass is 10.1. The van der Waals surface area contributed by atoms with E-state index in [1.807, 2.05) is 0 Å². The molecule has 0 amide bonds. The standard InChI is InChI=1S/C10H7Cl2NO2/c1-5-10(14)9(13-15-5)6-2-7(11)4-8(12)3-6/h2-4,14H,1H3. The molecule has 0 aliphatic carbocycles. The van der Waals surface area contributed by atoms with E-state index in [9.17, 15) is 5.11 Å². The maximum Gasteiger partial charge on any atom is 0.186 e. The van der Waals surface area contributed by atoms with Gasteiger partial charge in [-0.3, -0.25) is 0 Å². The van der Waals surface area contributed by atoms with Crippen LogP contribution in [-0.2, 0) is 0 Å². The Morgan fingerprint density at radius 3 is 2.27 bits per heavy atom. The van der Waals surface area contributed by atoms with E-state index >= 15 is 0 Å². The maximum absolute atomic E-state index is 9.63. The van der Waals surface area contributed by atoms with Crippen molar-refractivity contribution in [2.24, 2.45) is 0 Å². The van der Waals surface area contributed by atoms with Crippen LogP contribution < -0.4 is 0 Å². The van der Waals surface area contributed by atoms with Crippen molar-refractivity contribution in [3.05, 3.63) is 34.0 Å². The molecule has 0 radical (unpaired) electrons. The normalized spacial score (nSPS) is 10.6. The molecule has 1 aromatic carbocycles. The number of aromatic hydroxyl groups is 1. The third kappa shape index (κ3) is 1.94. The van der Waals surface area contributed by atoms with Crippen LogP contribution in [0.5, 0.6) is 5.75 Å². The molecule has 15 heavy (non-hydrogen) atoms. The Morgan fingerprint density at radius 1 is 1.20 bits per heavy atom. The number of nitrogens with zero attached hydrogens (tertiary/aromatic N) is 1. The van der Waals surface area contributed by atoms with Crippen LogP contribution in [0.25, 0.3) is 11.3 Å². The van der Waals surface area contributed by atoms with E-state index in [0.29, 0.717) is 27.1 Å². The molecule has 78 valence electrons. The van der Waals surface area contributed by atoms with Gasteiger partial charge < -0.3 is 9.63 Å². The van der Waals surface area contributed by atoms with Crippen LogP contribution in [0.15, 0.2) is 22.7 Å². The number of aryl methyl sites for hydroxylation is 1. The summed E-state index contributed by atoms with van der Waals surface area (Å²) in [5.74, 6) is 0.370. The summed E-state index contributed by atoms with van der Waals surface area (Å²) in [7, 11) is 0. The van der Waals surface area contributed by atoms with Crippen molar-refractivity contribution in [1.82, 2.24) is 5.16 Å². The van der Waals surface area contributed by atoms with Crippen molar-refractivity contribution in [2.45, 2.75) is 6.92 Å². The minimum Gasteiger partial charge on any atom is -0.503 e. The van der Waals surface area contributed by atoms with Crippen LogP contribution in [0, 0.1) is 6.92 Å². The van der Waals surface area contributed by atoms with Crippen molar-refractivity contribution < 1.29 is 9.63 Å². The molecule has 2 aromatic rings. The van der Waals surface area contributed by atoms with Crippen molar-refractivity contribution in [3.8, 4) is 17.0 Å². The van der Waals surface area contributed by atoms with Crippen LogP contribution in [0.1, 0.15) is 5.76 Å². The number of hydrogen-bond acceptors (Lipinski definition) is 3. The van der Waals surface area contributed by atoms with E-state index in [-0.39, 0.29) is 5.75 Å². The highest BCUT2D eigenvalue weighted by Gasteiger charge is 2.14. The molecule has 3 nitrogen and oxygen atoms in total. The lowest BCUT2D eigenvalue weighted by Crippen LogP contribution is -1.79. The first-order chi connectivity index (χ1) is 7.08. The van der Waals surface area contributed by atoms with Gasteiger partial charge in [0.25, 0.3) is 0 Å². The largest absolute Gasteiger partial charge is 0.503 e. The quantitative estimate of drug-likeness (QED) is 0.832. The first-order valence-electron chi connectivity index (χ1n) is 4.19. The summed E-state index contributed by atoms with van der Waals surface area (Å²) in [4.78, 5) is 0. The third-order valence-electron chi connectivity index (χ3n) is 1.97. The van der Waals surface area contributed by atoms with Gasteiger partial charge in [-0.15, -0.1) is 0 Å². The van der Waals surface area contributed by atoms with Crippen LogP contribution in [0.3, 0.4) is 0 Å². The second kappa shape index (κ2) is 3.76. The second-order valence-corrected chi connectivity index (χ2v) is 3.97. The van der Waals surface area contributed by atoms with E-state index in [0.717, 1.165) is 0 Å². The fourth-order valence-electron chi connectivity index (χ4n) is 1.25. The predicted octanol–water partition coefficient (Wildman–Crippen LogP) is 3.66. The number of halogens is 2. The van der Waals surface area contributed by atoms with Gasteiger partial charge in [0.15, 0.2) is 17.2 Å². The monoisotopic (exact) mass is 243 g/mol. The topological polar surface area (TPSA) is 46.3 Å². The Morgan fingerprint density at radius 2 is 1.80 bits per heavy atom. The van der Waals surface area contributed by atoms with Gasteiger partial charge in [0, 0.05) is 22.5 Å². The zero-order valence-electron chi connectivity index (χ0n) is 7.79. The molecule has 5 heteroatoms. The van der Waals surface area contributed by atoms with E-state index in [2.05, 4.69) is 5.16 Å². The smallest absolute Gasteiger partial charge is 0.186 e. The molecular formula is C10H7Cl2NO2. The van der Waals surface area contributed by atoms with Crippen LogP contribution in [-0.4, -0.2) is 10.3 Å². The van der Waals surface area contributed by atoms with Crippen LogP contribution >= 0.6 is 23.2 Å². The number of rotatable bonds is 1. The van der Waals surface area contributed by atoms with Gasteiger partial charge in [-0.2, -0.15) is 0 Å². The zero-order chi connectivity index (χ0) is 11.0. The highest BCUT2D eigenvalue weighted by Crippen LogP contribution is 2.33. The summed E-state index contributed by atoms with van der Waals surface area (Å²) in [6.07, 6.45) is 0. The summed E-state index contributed by atoms with van der Waals surface area (Å²) in [6.45, 7) is 1.62. The zero-order valence-corrected chi connectivity index (χ0v) is 9.30. The molecule has 0 atom stereocenters. The molecule has 1 N–H and O–H groups in total. The lowest BCUT2D eigenvalue weighted by Gasteiger charge is -1.99. The van der Waals surface area contributed by atoms with Crippen molar-refractivity contribution in [1.29, 1.82) is 0 Å². The first-order valence-corrected chi connectivity index (χ1v) is 4.95. The van der Waals surface area contributed by atoms with Crippen molar-refractivity contribution >= 4 is 23.2 Å². The molecular weight excluding hydrogens is 237 g/mol. The fraction of sp³-hybridized carbons (Fsp3) is 0.100. The molecule has 0 aliphatic heterocycles. The Hall–Kier alpha value is -1.19. The lowest BCUT2D eigenvalue weighted by molar-refractivity contribution is 0.384. The highest BCUT2D eigenvalue weighted by molar-refractivity contribution is 6.35. The van der Waals surface area contributed by atoms with Crippen LogP contribution in [0.4, 0.5) is 0 Å². The van der Waals surface area contributed by atoms with Gasteiger partial charge in [-0.1, -0.05) is 28.4 Å². The van der Waals surface area contributed by atoms with Gasteiger partial charge in [0.05, 0.1) is 0 Å². The highest BCUT2D eigenvalue weighted by atomic mass is 35.5. The minimum atomic E-state index is 0.00772. The number of aromatic nitrogens is 1. The number of hydrogen-bond donors (Lipinski definition) is 1. The van der Waals surface area contributed by atoms with Crippen LogP contribution in [0.2, 0.25) is 10.0 Å². The van der Waals surface area contributed by atoms with Crippen molar-refractivity contribution in [2.75, 3.05) is 0 Å². The number of benzene rings is 1. The van der Waals surface area contributed by atoms with Gasteiger partial charge in [0.1, 0.15) is 0 Å². The maximum atomic E-state index is 9.63. The van der Waals surface area contributed by atoms with Crippen molar-refractivity contribution in [3.63, 3.8) is 0 Å². The van der Waals surface area contributed by atoms with E-state index in [1.54, 1.807) is 25.1 Å². The average Bonchev–Trinajstić information content (AvgIpc) is 2.46. The molecule has 0 saturated heterocycles. The first kappa shape index (κ1) is 10.3. The Balaban J connectivity index is 2.58. The Bertz CT molecular complexity index is 488. The van der Waals surface area contributed by atoms with E-state index in [4.69, 9.17) is 27.7 Å². The Labute approximate surface area is 96.2 Å². The van der Waals surface area contributed by atoms with Gasteiger partial charge in [-0.25, -0.2) is 0 Å². The molecule has 0 bridgehead atoms. The molecule has 2 rings (SSSR count). The van der Waals surface area contributed by atoms with Gasteiger partial charge >= 0.3 is 0 Å². The summed E-state index contributed by atoms with van der Waals surface area (Å²) >= 11 is 11.7. The molecule has 0 saturated carbocycles. The summed E-state index contributed by atoms with van der Waals surface area (Å²) in [5.41, 5.74) is 0.971. The summed E-state index contributed by atoms with van der Waals surface area (Å²) < 4.78 is 4.84. The SMILES string of the molecule is Cc1onc(-c2cc(Cl)cc(Cl)c2)c1O. The molecule has 0 unspecified atom stereocenters. The third-order valence-corrected chi connectivity index (χ3v) is 2.40. The molecule has 0 aliphatic rings. The van der Waals surface area contributed by atoms with E-state index in [1.165, 1.54) is 0 Å². The summed E-state index contributed by atoms with van der Waals surface area (Å²) in [5, 5.41) is 14.3. The molecule has 1 heterocycles. The van der Waals surface area contributed by atoms with E-state index < -0.39 is 0 Å².